The van der Waals surface area contributed by atoms with Crippen molar-refractivity contribution in [3.63, 3.8) is 0 Å². The van der Waals surface area contributed by atoms with Crippen molar-refractivity contribution in [3.8, 4) is 0 Å². The lowest BCUT2D eigenvalue weighted by atomic mass is 9.93. The molecule has 9 nitrogen and oxygen atoms in total. The van der Waals surface area contributed by atoms with E-state index in [9.17, 15) is 18.0 Å². The first kappa shape index (κ1) is 20.0. The van der Waals surface area contributed by atoms with Crippen molar-refractivity contribution in [1.82, 2.24) is 10.2 Å². The van der Waals surface area contributed by atoms with Crippen LogP contribution in [0.2, 0.25) is 0 Å². The number of nitrogens with one attached hydrogen (secondary N) is 1. The molecule has 1 aliphatic rings. The first-order chi connectivity index (χ1) is 12.2. The first-order valence-electron chi connectivity index (χ1n) is 8.04. The van der Waals surface area contributed by atoms with Gasteiger partial charge in [0.05, 0.1) is 12.9 Å². The zero-order valence-corrected chi connectivity index (χ0v) is 15.1. The number of alkyl carbamates (subject to hydrolysis) is 1. The van der Waals surface area contributed by atoms with E-state index in [1.54, 1.807) is 0 Å². The van der Waals surface area contributed by atoms with Gasteiger partial charge in [-0.3, -0.25) is 4.18 Å². The summed E-state index contributed by atoms with van der Waals surface area (Å²) in [4.78, 5) is 24.3. The molecule has 0 unspecified atom stereocenters. The van der Waals surface area contributed by atoms with Crippen molar-refractivity contribution in [2.24, 2.45) is 5.92 Å². The van der Waals surface area contributed by atoms with Gasteiger partial charge in [0.1, 0.15) is 6.61 Å². The number of piperidine rings is 1. The number of carboxylic acid groups (broad SMARTS) is 1. The maximum absolute atomic E-state index is 12.0. The highest BCUT2D eigenvalue weighted by Crippen LogP contribution is 2.19. The molecular formula is C16H22N2O7S. The highest BCUT2D eigenvalue weighted by molar-refractivity contribution is 7.85. The second-order valence-electron chi connectivity index (χ2n) is 6.08. The number of hydrogen-bond acceptors (Lipinski definition) is 6. The van der Waals surface area contributed by atoms with Crippen LogP contribution in [0.5, 0.6) is 0 Å². The van der Waals surface area contributed by atoms with E-state index in [4.69, 9.17) is 14.0 Å². The minimum Gasteiger partial charge on any atom is -0.465 e. The van der Waals surface area contributed by atoms with Crippen molar-refractivity contribution in [2.45, 2.75) is 19.1 Å². The number of ether oxygens (including phenoxy) is 1. The van der Waals surface area contributed by atoms with Crippen LogP contribution >= 0.6 is 0 Å². The Morgan fingerprint density at radius 2 is 2.00 bits per heavy atom. The molecule has 0 radical (unpaired) electrons. The second-order valence-corrected chi connectivity index (χ2v) is 7.72. The number of likely N-dealkylation sites (tertiary alicyclic amines) is 1. The largest absolute Gasteiger partial charge is 0.465 e. The number of hydrogen-bond donors (Lipinski definition) is 2. The fourth-order valence-electron chi connectivity index (χ4n) is 2.69. The summed E-state index contributed by atoms with van der Waals surface area (Å²) in [6, 6.07) is 8.71. The summed E-state index contributed by atoms with van der Waals surface area (Å²) in [5.74, 6) is -0.501. The molecule has 1 aliphatic heterocycles. The molecule has 0 aliphatic carbocycles. The molecule has 2 N–H and O–H groups in total. The Bertz CT molecular complexity index is 723. The summed E-state index contributed by atoms with van der Waals surface area (Å²) in [5.41, 5.74) is 0.834. The molecule has 26 heavy (non-hydrogen) atoms. The van der Waals surface area contributed by atoms with Crippen LogP contribution in [0, 0.1) is 5.92 Å². The van der Waals surface area contributed by atoms with Gasteiger partial charge in [-0.2, -0.15) is 8.42 Å². The predicted molar refractivity (Wildman–Crippen MR) is 92.1 cm³/mol. The third-order valence-electron chi connectivity index (χ3n) is 4.02. The van der Waals surface area contributed by atoms with Gasteiger partial charge in [0.25, 0.3) is 10.1 Å². The molecule has 2 atom stereocenters. The first-order valence-corrected chi connectivity index (χ1v) is 9.86. The second kappa shape index (κ2) is 8.86. The molecule has 10 heteroatoms. The Labute approximate surface area is 152 Å². The molecule has 2 rings (SSSR count). The van der Waals surface area contributed by atoms with Crippen molar-refractivity contribution in [1.29, 1.82) is 0 Å². The molecule has 1 fully saturated rings. The van der Waals surface area contributed by atoms with Crippen LogP contribution in [0.1, 0.15) is 12.0 Å². The summed E-state index contributed by atoms with van der Waals surface area (Å²) in [5, 5.41) is 11.8. The van der Waals surface area contributed by atoms with Crippen LogP contribution in [0.15, 0.2) is 30.3 Å². The van der Waals surface area contributed by atoms with Crippen LogP contribution in [0.4, 0.5) is 9.59 Å². The molecular weight excluding hydrogens is 364 g/mol. The predicted octanol–water partition coefficient (Wildman–Crippen LogP) is 1.26. The zero-order chi connectivity index (χ0) is 19.2. The minimum atomic E-state index is -3.67. The summed E-state index contributed by atoms with van der Waals surface area (Å²) in [7, 11) is -3.67. The third-order valence-corrected chi connectivity index (χ3v) is 4.58. The fourth-order valence-corrected chi connectivity index (χ4v) is 3.11. The van der Waals surface area contributed by atoms with Gasteiger partial charge in [-0.15, -0.1) is 0 Å². The molecule has 144 valence electrons. The average molecular weight is 386 g/mol. The molecule has 1 saturated heterocycles. The summed E-state index contributed by atoms with van der Waals surface area (Å²) < 4.78 is 32.4. The molecule has 0 saturated carbocycles. The number of benzene rings is 1. The van der Waals surface area contributed by atoms with Gasteiger partial charge in [-0.05, 0) is 12.0 Å². The van der Waals surface area contributed by atoms with Gasteiger partial charge < -0.3 is 20.1 Å². The molecule has 0 spiro atoms. The zero-order valence-electron chi connectivity index (χ0n) is 14.3. The molecule has 2 amide bonds. The lowest BCUT2D eigenvalue weighted by molar-refractivity contribution is 0.0808. The summed E-state index contributed by atoms with van der Waals surface area (Å²) in [6.07, 6.45) is -0.488. The lowest BCUT2D eigenvalue weighted by Crippen LogP contribution is -2.53. The van der Waals surface area contributed by atoms with E-state index in [2.05, 4.69) is 5.32 Å². The number of rotatable bonds is 6. The van der Waals surface area contributed by atoms with Crippen molar-refractivity contribution >= 4 is 22.3 Å². The normalized spacial score (nSPS) is 20.4. The number of carbonyl (C=O) groups is 2. The average Bonchev–Trinajstić information content (AvgIpc) is 2.59. The van der Waals surface area contributed by atoms with Gasteiger partial charge in [0.15, 0.2) is 0 Å². The third kappa shape index (κ3) is 6.52. The highest BCUT2D eigenvalue weighted by atomic mass is 32.2. The summed E-state index contributed by atoms with van der Waals surface area (Å²) >= 11 is 0. The Morgan fingerprint density at radius 3 is 2.62 bits per heavy atom. The van der Waals surface area contributed by atoms with E-state index in [1.807, 2.05) is 30.3 Å². The Balaban J connectivity index is 1.92. The topological polar surface area (TPSA) is 122 Å². The van der Waals surface area contributed by atoms with E-state index in [1.165, 1.54) is 4.90 Å². The van der Waals surface area contributed by atoms with Crippen LogP contribution in [-0.2, 0) is 25.6 Å². The van der Waals surface area contributed by atoms with Crippen molar-refractivity contribution in [2.75, 3.05) is 26.0 Å². The molecule has 0 aromatic heterocycles. The fraction of sp³-hybridized carbons (Fsp3) is 0.500. The van der Waals surface area contributed by atoms with Crippen LogP contribution in [0.3, 0.4) is 0 Å². The molecule has 0 bridgehead atoms. The number of amides is 2. The number of nitrogens with zero attached hydrogens (tertiary/aromatic N) is 1. The number of carbonyl (C=O) groups excluding carboxylic acids is 1. The molecule has 1 heterocycles. The van der Waals surface area contributed by atoms with E-state index in [0.29, 0.717) is 6.42 Å². The van der Waals surface area contributed by atoms with Crippen LogP contribution in [-0.4, -0.2) is 62.6 Å². The van der Waals surface area contributed by atoms with Gasteiger partial charge in [-0.25, -0.2) is 9.59 Å². The van der Waals surface area contributed by atoms with E-state index < -0.39 is 34.3 Å². The van der Waals surface area contributed by atoms with Crippen molar-refractivity contribution in [3.05, 3.63) is 35.9 Å². The molecule has 1 aromatic rings. The summed E-state index contributed by atoms with van der Waals surface area (Å²) in [6.45, 7) is 0.181. The maximum Gasteiger partial charge on any atom is 0.407 e. The van der Waals surface area contributed by atoms with Crippen LogP contribution < -0.4 is 5.32 Å². The standard InChI is InChI=1S/C16H22N2O7S/c1-26(22,23)25-11-13-9-18(16(20)21)8-7-14(13)17-15(19)24-10-12-5-3-2-4-6-12/h2-6,13-14H,7-11H2,1H3,(H,17,19)(H,20,21)/t13-,14+/m1/s1. The van der Waals surface area contributed by atoms with Crippen molar-refractivity contribution < 1.29 is 32.0 Å². The van der Waals surface area contributed by atoms with Crippen LogP contribution in [0.25, 0.3) is 0 Å². The Hall–Kier alpha value is -2.33. The van der Waals surface area contributed by atoms with Gasteiger partial charge in [0, 0.05) is 25.0 Å². The monoisotopic (exact) mass is 386 g/mol. The quantitative estimate of drug-likeness (QED) is 0.706. The van der Waals surface area contributed by atoms with Gasteiger partial charge in [-0.1, -0.05) is 30.3 Å². The Kier molecular flexibility index (Phi) is 6.81. The van der Waals surface area contributed by atoms with E-state index in [-0.39, 0.29) is 26.3 Å². The lowest BCUT2D eigenvalue weighted by Gasteiger charge is -2.36. The molecule has 1 aromatic carbocycles. The van der Waals surface area contributed by atoms with Gasteiger partial charge >= 0.3 is 12.2 Å². The highest BCUT2D eigenvalue weighted by Gasteiger charge is 2.33. The van der Waals surface area contributed by atoms with E-state index in [0.717, 1.165) is 11.8 Å². The SMILES string of the molecule is CS(=O)(=O)OC[C@H]1CN(C(=O)O)CC[C@@H]1NC(=O)OCc1ccccc1. The van der Waals surface area contributed by atoms with E-state index >= 15 is 0 Å². The minimum absolute atomic E-state index is 0.0640. The van der Waals surface area contributed by atoms with Gasteiger partial charge in [0.2, 0.25) is 0 Å². The smallest absolute Gasteiger partial charge is 0.407 e. The maximum atomic E-state index is 12.0. The Morgan fingerprint density at radius 1 is 1.31 bits per heavy atom.